The van der Waals surface area contributed by atoms with E-state index in [1.165, 1.54) is 0 Å². The van der Waals surface area contributed by atoms with Gasteiger partial charge in [-0.3, -0.25) is 4.79 Å². The van der Waals surface area contributed by atoms with Gasteiger partial charge in [-0.25, -0.2) is 0 Å². The van der Waals surface area contributed by atoms with Crippen molar-refractivity contribution in [3.63, 3.8) is 0 Å². The van der Waals surface area contributed by atoms with Crippen molar-refractivity contribution in [1.29, 1.82) is 0 Å². The van der Waals surface area contributed by atoms with Gasteiger partial charge in [0.25, 0.3) is 0 Å². The predicted molar refractivity (Wildman–Crippen MR) is 58.8 cm³/mol. The van der Waals surface area contributed by atoms with Gasteiger partial charge in [0.15, 0.2) is 0 Å². The molecule has 3 nitrogen and oxygen atoms in total. The molecule has 0 bridgehead atoms. The van der Waals surface area contributed by atoms with E-state index in [1.54, 1.807) is 0 Å². The van der Waals surface area contributed by atoms with Gasteiger partial charge in [-0.2, -0.15) is 0 Å². The molecule has 1 aromatic rings. The Hall–Kier alpha value is -1.35. The minimum Gasteiger partial charge on any atom is -0.460 e. The largest absolute Gasteiger partial charge is 0.460 e. The number of benzene rings is 1. The van der Waals surface area contributed by atoms with Crippen LogP contribution >= 0.6 is 0 Å². The second-order valence-corrected chi connectivity index (χ2v) is 3.34. The molecule has 1 rings (SSSR count). The standard InChI is InChI=1S/C12H16NO2/c1-2-6-11(13)12(14)15-9-10-7-4-3-5-8-10/h3-5,7-8,11H,1-2,6,9,13H2. The molecule has 0 saturated heterocycles. The summed E-state index contributed by atoms with van der Waals surface area (Å²) >= 11 is 0. The van der Waals surface area contributed by atoms with Gasteiger partial charge in [-0.1, -0.05) is 43.7 Å². The van der Waals surface area contributed by atoms with E-state index in [2.05, 4.69) is 6.92 Å². The van der Waals surface area contributed by atoms with Crippen LogP contribution in [0.2, 0.25) is 0 Å². The smallest absolute Gasteiger partial charge is 0.323 e. The van der Waals surface area contributed by atoms with E-state index >= 15 is 0 Å². The summed E-state index contributed by atoms with van der Waals surface area (Å²) in [7, 11) is 0. The number of ether oxygens (including phenoxy) is 1. The Labute approximate surface area is 90.2 Å². The predicted octanol–water partition coefficient (Wildman–Crippen LogP) is 1.67. The molecular weight excluding hydrogens is 190 g/mol. The molecule has 0 saturated carbocycles. The molecule has 1 radical (unpaired) electrons. The Morgan fingerprint density at radius 1 is 1.40 bits per heavy atom. The monoisotopic (exact) mass is 206 g/mol. The maximum Gasteiger partial charge on any atom is 0.323 e. The van der Waals surface area contributed by atoms with E-state index in [-0.39, 0.29) is 12.6 Å². The molecule has 15 heavy (non-hydrogen) atoms. The average molecular weight is 206 g/mol. The highest BCUT2D eigenvalue weighted by Crippen LogP contribution is 2.03. The molecule has 0 aliphatic heterocycles. The Morgan fingerprint density at radius 3 is 2.67 bits per heavy atom. The number of carbonyl (C=O) groups excluding carboxylic acids is 1. The number of hydrogen-bond donors (Lipinski definition) is 1. The summed E-state index contributed by atoms with van der Waals surface area (Å²) in [5, 5.41) is 0. The zero-order chi connectivity index (χ0) is 11.1. The average Bonchev–Trinajstić information content (AvgIpc) is 2.27. The Balaban J connectivity index is 2.34. The lowest BCUT2D eigenvalue weighted by molar-refractivity contribution is -0.146. The first-order valence-corrected chi connectivity index (χ1v) is 4.99. The van der Waals surface area contributed by atoms with Crippen LogP contribution in [-0.2, 0) is 16.1 Å². The molecule has 81 valence electrons. The minimum absolute atomic E-state index is 0.282. The van der Waals surface area contributed by atoms with Crippen LogP contribution in [0.1, 0.15) is 18.4 Å². The summed E-state index contributed by atoms with van der Waals surface area (Å²) in [4.78, 5) is 11.3. The van der Waals surface area contributed by atoms with E-state index in [0.717, 1.165) is 5.56 Å². The van der Waals surface area contributed by atoms with Gasteiger partial charge in [0.05, 0.1) is 0 Å². The third kappa shape index (κ3) is 4.13. The van der Waals surface area contributed by atoms with E-state index in [1.807, 2.05) is 30.3 Å². The van der Waals surface area contributed by atoms with E-state index in [0.29, 0.717) is 12.8 Å². The maximum atomic E-state index is 11.3. The van der Waals surface area contributed by atoms with Crippen LogP contribution in [0.4, 0.5) is 0 Å². The SMILES string of the molecule is [CH2]CCC(N)C(=O)OCc1ccccc1. The van der Waals surface area contributed by atoms with Crippen molar-refractivity contribution >= 4 is 5.97 Å². The molecule has 1 unspecified atom stereocenters. The molecular formula is C12H16NO2. The van der Waals surface area contributed by atoms with Gasteiger partial charge < -0.3 is 10.5 Å². The first-order chi connectivity index (χ1) is 7.24. The van der Waals surface area contributed by atoms with Gasteiger partial charge in [0.1, 0.15) is 12.6 Å². The lowest BCUT2D eigenvalue weighted by Crippen LogP contribution is -2.31. The van der Waals surface area contributed by atoms with E-state index in [4.69, 9.17) is 10.5 Å². The van der Waals surface area contributed by atoms with Crippen molar-refractivity contribution in [3.8, 4) is 0 Å². The van der Waals surface area contributed by atoms with E-state index in [9.17, 15) is 4.79 Å². The van der Waals surface area contributed by atoms with Gasteiger partial charge in [-0.15, -0.1) is 0 Å². The van der Waals surface area contributed by atoms with Crippen molar-refractivity contribution in [3.05, 3.63) is 42.8 Å². The van der Waals surface area contributed by atoms with Crippen molar-refractivity contribution in [2.45, 2.75) is 25.5 Å². The Bertz CT molecular complexity index is 298. The molecule has 3 heteroatoms. The number of nitrogens with two attached hydrogens (primary N) is 1. The highest BCUT2D eigenvalue weighted by molar-refractivity contribution is 5.75. The highest BCUT2D eigenvalue weighted by Gasteiger charge is 2.13. The van der Waals surface area contributed by atoms with Crippen LogP contribution in [0.25, 0.3) is 0 Å². The fraction of sp³-hybridized carbons (Fsp3) is 0.333. The first kappa shape index (κ1) is 11.7. The number of esters is 1. The number of carbonyl (C=O) groups is 1. The summed E-state index contributed by atoms with van der Waals surface area (Å²) in [5.74, 6) is -0.359. The third-order valence-electron chi connectivity index (χ3n) is 2.04. The zero-order valence-electron chi connectivity index (χ0n) is 8.69. The highest BCUT2D eigenvalue weighted by atomic mass is 16.5. The molecule has 0 heterocycles. The fourth-order valence-electron chi connectivity index (χ4n) is 1.17. The third-order valence-corrected chi connectivity index (χ3v) is 2.04. The topological polar surface area (TPSA) is 52.3 Å². The summed E-state index contributed by atoms with van der Waals surface area (Å²) in [5.41, 5.74) is 6.54. The number of hydrogen-bond acceptors (Lipinski definition) is 3. The molecule has 0 spiro atoms. The van der Waals surface area contributed by atoms with Crippen molar-refractivity contribution < 1.29 is 9.53 Å². The van der Waals surface area contributed by atoms with Crippen LogP contribution in [0.5, 0.6) is 0 Å². The summed E-state index contributed by atoms with van der Waals surface area (Å²) in [6.07, 6.45) is 1.20. The normalized spacial score (nSPS) is 12.1. The minimum atomic E-state index is -0.550. The van der Waals surface area contributed by atoms with Gasteiger partial charge in [0.2, 0.25) is 0 Å². The Kier molecular flexibility index (Phi) is 4.84. The Morgan fingerprint density at radius 2 is 2.07 bits per heavy atom. The van der Waals surface area contributed by atoms with E-state index < -0.39 is 6.04 Å². The molecule has 1 aromatic carbocycles. The zero-order valence-corrected chi connectivity index (χ0v) is 8.69. The second-order valence-electron chi connectivity index (χ2n) is 3.34. The van der Waals surface area contributed by atoms with Crippen molar-refractivity contribution in [1.82, 2.24) is 0 Å². The molecule has 0 fully saturated rings. The quantitative estimate of drug-likeness (QED) is 0.745. The molecule has 1 atom stereocenters. The summed E-state index contributed by atoms with van der Waals surface area (Å²) in [6.45, 7) is 3.92. The van der Waals surface area contributed by atoms with Crippen LogP contribution < -0.4 is 5.73 Å². The fourth-order valence-corrected chi connectivity index (χ4v) is 1.17. The molecule has 0 aliphatic rings. The van der Waals surface area contributed by atoms with Crippen molar-refractivity contribution in [2.24, 2.45) is 5.73 Å². The van der Waals surface area contributed by atoms with Crippen LogP contribution in [0, 0.1) is 6.92 Å². The van der Waals surface area contributed by atoms with Crippen LogP contribution in [0.15, 0.2) is 30.3 Å². The number of rotatable bonds is 5. The molecule has 0 aromatic heterocycles. The maximum absolute atomic E-state index is 11.3. The van der Waals surface area contributed by atoms with Crippen LogP contribution in [0.3, 0.4) is 0 Å². The van der Waals surface area contributed by atoms with Gasteiger partial charge in [-0.05, 0) is 12.0 Å². The van der Waals surface area contributed by atoms with Crippen LogP contribution in [-0.4, -0.2) is 12.0 Å². The summed E-state index contributed by atoms with van der Waals surface area (Å²) < 4.78 is 5.05. The molecule has 2 N–H and O–H groups in total. The second kappa shape index (κ2) is 6.19. The van der Waals surface area contributed by atoms with Gasteiger partial charge in [0, 0.05) is 0 Å². The lowest BCUT2D eigenvalue weighted by atomic mass is 10.2. The first-order valence-electron chi connectivity index (χ1n) is 4.99. The molecule has 0 aliphatic carbocycles. The summed E-state index contributed by atoms with van der Waals surface area (Å²) in [6, 6.07) is 8.98. The molecule has 0 amide bonds. The van der Waals surface area contributed by atoms with Crippen molar-refractivity contribution in [2.75, 3.05) is 0 Å². The van der Waals surface area contributed by atoms with Gasteiger partial charge >= 0.3 is 5.97 Å². The lowest BCUT2D eigenvalue weighted by Gasteiger charge is -2.10.